The van der Waals surface area contributed by atoms with Crippen molar-refractivity contribution in [3.63, 3.8) is 0 Å². The van der Waals surface area contributed by atoms with Crippen molar-refractivity contribution in [2.75, 3.05) is 26.8 Å². The molecule has 0 amide bonds. The van der Waals surface area contributed by atoms with Gasteiger partial charge >= 0.3 is 0 Å². The third kappa shape index (κ3) is 4.26. The summed E-state index contributed by atoms with van der Waals surface area (Å²) in [6.45, 7) is 3.17. The van der Waals surface area contributed by atoms with Crippen LogP contribution in [0.3, 0.4) is 0 Å². The van der Waals surface area contributed by atoms with Crippen LogP contribution in [0.5, 0.6) is 5.75 Å². The summed E-state index contributed by atoms with van der Waals surface area (Å²) < 4.78 is 11.4. The van der Waals surface area contributed by atoms with E-state index >= 15 is 0 Å². The van der Waals surface area contributed by atoms with Crippen LogP contribution in [0.1, 0.15) is 17.4 Å². The van der Waals surface area contributed by atoms with Crippen molar-refractivity contribution in [2.24, 2.45) is 0 Å². The summed E-state index contributed by atoms with van der Waals surface area (Å²) in [5.41, 5.74) is 4.95. The van der Waals surface area contributed by atoms with E-state index in [4.69, 9.17) is 14.5 Å². The first-order valence-corrected chi connectivity index (χ1v) is 10.4. The topological polar surface area (TPSA) is 60.4 Å². The van der Waals surface area contributed by atoms with E-state index in [1.54, 1.807) is 19.5 Å². The molecule has 1 aliphatic rings. The van der Waals surface area contributed by atoms with Crippen molar-refractivity contribution in [1.82, 2.24) is 19.9 Å². The predicted molar refractivity (Wildman–Crippen MR) is 120 cm³/mol. The van der Waals surface area contributed by atoms with Gasteiger partial charge in [-0.25, -0.2) is 4.98 Å². The number of fused-ring (bicyclic) bond motifs is 1. The number of methoxy groups -OCH3 is 1. The van der Waals surface area contributed by atoms with Crippen molar-refractivity contribution in [2.45, 2.75) is 12.6 Å². The summed E-state index contributed by atoms with van der Waals surface area (Å²) >= 11 is 0. The van der Waals surface area contributed by atoms with Crippen molar-refractivity contribution >= 4 is 10.9 Å². The molecule has 0 bridgehead atoms. The van der Waals surface area contributed by atoms with E-state index in [0.29, 0.717) is 6.61 Å². The molecule has 1 saturated heterocycles. The summed E-state index contributed by atoms with van der Waals surface area (Å²) in [7, 11) is 1.66. The summed E-state index contributed by atoms with van der Waals surface area (Å²) in [4.78, 5) is 16.2. The van der Waals surface area contributed by atoms with Crippen LogP contribution in [0.25, 0.3) is 22.2 Å². The van der Waals surface area contributed by atoms with Gasteiger partial charge in [-0.05, 0) is 29.8 Å². The molecule has 1 aliphatic heterocycles. The number of rotatable bonds is 5. The highest BCUT2D eigenvalue weighted by atomic mass is 16.5. The van der Waals surface area contributed by atoms with E-state index in [1.807, 2.05) is 36.5 Å². The summed E-state index contributed by atoms with van der Waals surface area (Å²) in [5, 5.41) is 1.20. The number of aromatic nitrogens is 3. The maximum atomic E-state index is 6.07. The fraction of sp³-hybridized carbons (Fsp3) is 0.240. The van der Waals surface area contributed by atoms with Crippen molar-refractivity contribution in [1.29, 1.82) is 0 Å². The van der Waals surface area contributed by atoms with Crippen molar-refractivity contribution < 1.29 is 9.47 Å². The monoisotopic (exact) mass is 412 g/mol. The lowest BCUT2D eigenvalue weighted by Crippen LogP contribution is -2.38. The van der Waals surface area contributed by atoms with Gasteiger partial charge in [0.05, 0.1) is 43.0 Å². The first-order valence-electron chi connectivity index (χ1n) is 10.4. The van der Waals surface area contributed by atoms with Crippen LogP contribution in [-0.4, -0.2) is 46.7 Å². The number of pyridine rings is 1. The molecule has 31 heavy (non-hydrogen) atoms. The zero-order valence-corrected chi connectivity index (χ0v) is 17.4. The minimum absolute atomic E-state index is 0.111. The average Bonchev–Trinajstić information content (AvgIpc) is 2.85. The Labute approximate surface area is 181 Å². The molecule has 2 aromatic carbocycles. The number of morpholine rings is 1. The molecule has 0 radical (unpaired) electrons. The molecular weight excluding hydrogens is 388 g/mol. The normalized spacial score (nSPS) is 17.0. The van der Waals surface area contributed by atoms with E-state index in [-0.39, 0.29) is 6.10 Å². The smallest absolute Gasteiger partial charge is 0.119 e. The highest BCUT2D eigenvalue weighted by molar-refractivity contribution is 5.81. The third-order valence-corrected chi connectivity index (χ3v) is 5.63. The first kappa shape index (κ1) is 19.6. The molecule has 1 fully saturated rings. The highest BCUT2D eigenvalue weighted by Crippen LogP contribution is 2.27. The minimum Gasteiger partial charge on any atom is -0.497 e. The molecule has 3 heterocycles. The quantitative estimate of drug-likeness (QED) is 0.488. The largest absolute Gasteiger partial charge is 0.497 e. The number of para-hydroxylation sites is 1. The SMILES string of the molecule is COc1cccc(-c2cncc(C3CN(Cc4ccnc5ccccc45)CCO3)n2)c1. The summed E-state index contributed by atoms with van der Waals surface area (Å²) in [5.74, 6) is 0.800. The fourth-order valence-electron chi connectivity index (χ4n) is 4.02. The van der Waals surface area contributed by atoms with Gasteiger partial charge in [-0.1, -0.05) is 30.3 Å². The number of hydrogen-bond donors (Lipinski definition) is 0. The maximum Gasteiger partial charge on any atom is 0.119 e. The van der Waals surface area contributed by atoms with Crippen LogP contribution in [0, 0.1) is 0 Å². The Morgan fingerprint density at radius 2 is 2.03 bits per heavy atom. The molecule has 2 aromatic heterocycles. The van der Waals surface area contributed by atoms with Crippen LogP contribution < -0.4 is 4.74 Å². The van der Waals surface area contributed by atoms with E-state index in [2.05, 4.69) is 39.1 Å². The van der Waals surface area contributed by atoms with Gasteiger partial charge in [0.2, 0.25) is 0 Å². The van der Waals surface area contributed by atoms with Crippen LogP contribution in [0.2, 0.25) is 0 Å². The number of ether oxygens (including phenoxy) is 2. The zero-order chi connectivity index (χ0) is 21.0. The molecule has 0 spiro atoms. The lowest BCUT2D eigenvalue weighted by molar-refractivity contribution is -0.0349. The molecule has 1 atom stereocenters. The number of benzene rings is 2. The lowest BCUT2D eigenvalue weighted by Gasteiger charge is -2.32. The second kappa shape index (κ2) is 8.79. The van der Waals surface area contributed by atoms with Gasteiger partial charge in [0, 0.05) is 36.8 Å². The van der Waals surface area contributed by atoms with Gasteiger partial charge in [0.25, 0.3) is 0 Å². The molecule has 6 nitrogen and oxygen atoms in total. The Hall–Kier alpha value is -3.35. The molecule has 0 saturated carbocycles. The first-order chi connectivity index (χ1) is 15.3. The van der Waals surface area contributed by atoms with Crippen LogP contribution in [0.4, 0.5) is 0 Å². The van der Waals surface area contributed by atoms with Gasteiger partial charge in [-0.3, -0.25) is 14.9 Å². The molecule has 156 valence electrons. The molecule has 6 heteroatoms. The van der Waals surface area contributed by atoms with Gasteiger partial charge < -0.3 is 9.47 Å². The average molecular weight is 412 g/mol. The van der Waals surface area contributed by atoms with Gasteiger partial charge in [0.1, 0.15) is 11.9 Å². The fourth-order valence-corrected chi connectivity index (χ4v) is 4.02. The number of nitrogens with zero attached hydrogens (tertiary/aromatic N) is 4. The Bertz CT molecular complexity index is 1190. The van der Waals surface area contributed by atoms with Crippen LogP contribution in [0.15, 0.2) is 73.2 Å². The molecule has 0 aliphatic carbocycles. The molecule has 5 rings (SSSR count). The van der Waals surface area contributed by atoms with Crippen LogP contribution in [-0.2, 0) is 11.3 Å². The second-order valence-corrected chi connectivity index (χ2v) is 7.64. The molecule has 0 N–H and O–H groups in total. The zero-order valence-electron chi connectivity index (χ0n) is 17.4. The Balaban J connectivity index is 1.36. The van der Waals surface area contributed by atoms with E-state index in [0.717, 1.165) is 47.9 Å². The number of hydrogen-bond acceptors (Lipinski definition) is 6. The Kier molecular flexibility index (Phi) is 5.56. The van der Waals surface area contributed by atoms with E-state index in [1.165, 1.54) is 10.9 Å². The minimum atomic E-state index is -0.111. The molecular formula is C25H24N4O2. The molecule has 4 aromatic rings. The van der Waals surface area contributed by atoms with Crippen molar-refractivity contribution in [3.8, 4) is 17.0 Å². The van der Waals surface area contributed by atoms with Crippen LogP contribution >= 0.6 is 0 Å². The molecule has 1 unspecified atom stereocenters. The Morgan fingerprint density at radius 1 is 1.10 bits per heavy atom. The standard InChI is InChI=1S/C25H24N4O2/c1-30-20-6-4-5-18(13-20)23-14-26-15-24(28-23)25-17-29(11-12-31-25)16-19-9-10-27-22-8-3-2-7-21(19)22/h2-10,13-15,25H,11-12,16-17H2,1H3. The van der Waals surface area contributed by atoms with Gasteiger partial charge in [-0.2, -0.15) is 0 Å². The summed E-state index contributed by atoms with van der Waals surface area (Å²) in [6, 6.07) is 18.3. The Morgan fingerprint density at radius 3 is 2.97 bits per heavy atom. The van der Waals surface area contributed by atoms with E-state index in [9.17, 15) is 0 Å². The lowest BCUT2D eigenvalue weighted by atomic mass is 10.1. The predicted octanol–water partition coefficient (Wildman–Crippen LogP) is 4.27. The second-order valence-electron chi connectivity index (χ2n) is 7.64. The third-order valence-electron chi connectivity index (χ3n) is 5.63. The van der Waals surface area contributed by atoms with Gasteiger partial charge in [-0.15, -0.1) is 0 Å². The highest BCUT2D eigenvalue weighted by Gasteiger charge is 2.24. The van der Waals surface area contributed by atoms with Gasteiger partial charge in [0.15, 0.2) is 0 Å². The maximum absolute atomic E-state index is 6.07. The van der Waals surface area contributed by atoms with E-state index < -0.39 is 0 Å². The summed E-state index contributed by atoms with van der Waals surface area (Å²) in [6.07, 6.45) is 5.36. The van der Waals surface area contributed by atoms with Crippen molar-refractivity contribution in [3.05, 3.63) is 84.4 Å².